The molecule has 2 nitrogen and oxygen atoms in total. The summed E-state index contributed by atoms with van der Waals surface area (Å²) in [6, 6.07) is 9.13. The summed E-state index contributed by atoms with van der Waals surface area (Å²) in [6.45, 7) is 0. The summed E-state index contributed by atoms with van der Waals surface area (Å²) in [5.74, 6) is 0. The van der Waals surface area contributed by atoms with Gasteiger partial charge in [0.25, 0.3) is 0 Å². The van der Waals surface area contributed by atoms with E-state index in [-0.39, 0.29) is 0 Å². The van der Waals surface area contributed by atoms with Crippen LogP contribution in [0.5, 0.6) is 0 Å². The Morgan fingerprint density at radius 3 is 2.39 bits per heavy atom. The number of pyridine rings is 1. The van der Waals surface area contributed by atoms with Gasteiger partial charge in [-0.15, -0.1) is 0 Å². The lowest BCUT2D eigenvalue weighted by Gasteiger charge is -2.06. The fourth-order valence-electron chi connectivity index (χ4n) is 1.54. The van der Waals surface area contributed by atoms with Crippen molar-refractivity contribution >= 4 is 34.8 Å². The molecule has 0 unspecified atom stereocenters. The molecule has 0 spiro atoms. The normalized spacial score (nSPS) is 10.1. The molecule has 0 amide bonds. The van der Waals surface area contributed by atoms with E-state index >= 15 is 0 Å². The monoisotopic (exact) mass is 296 g/mol. The van der Waals surface area contributed by atoms with Crippen LogP contribution in [0.1, 0.15) is 5.56 Å². The number of nitrogens with zero attached hydrogens (tertiary/aromatic N) is 2. The van der Waals surface area contributed by atoms with Crippen LogP contribution >= 0.6 is 34.8 Å². The number of benzene rings is 1. The fourth-order valence-corrected chi connectivity index (χ4v) is 2.13. The van der Waals surface area contributed by atoms with Crippen LogP contribution in [-0.2, 0) is 6.42 Å². The standard InChI is InChI=1S/C13H7Cl3N2/c14-10-6-9(7-11(15)13(10)16)12-5-8(1-3-17)2-4-18-12/h2,4-7H,1H2. The Morgan fingerprint density at radius 1 is 1.11 bits per heavy atom. The van der Waals surface area contributed by atoms with Crippen molar-refractivity contribution in [3.8, 4) is 17.3 Å². The third-order valence-electron chi connectivity index (χ3n) is 2.39. The highest BCUT2D eigenvalue weighted by Gasteiger charge is 2.08. The van der Waals surface area contributed by atoms with Crippen molar-refractivity contribution in [2.75, 3.05) is 0 Å². The van der Waals surface area contributed by atoms with Gasteiger partial charge in [-0.1, -0.05) is 34.8 Å². The third-order valence-corrected chi connectivity index (χ3v) is 3.58. The smallest absolute Gasteiger partial charge is 0.0778 e. The van der Waals surface area contributed by atoms with E-state index < -0.39 is 0 Å². The molecule has 1 aromatic carbocycles. The van der Waals surface area contributed by atoms with Gasteiger partial charge in [-0.05, 0) is 29.8 Å². The van der Waals surface area contributed by atoms with E-state index in [1.165, 1.54) is 0 Å². The van der Waals surface area contributed by atoms with E-state index in [1.807, 2.05) is 6.07 Å². The van der Waals surface area contributed by atoms with Crippen molar-refractivity contribution in [1.29, 1.82) is 5.26 Å². The molecule has 0 aliphatic rings. The van der Waals surface area contributed by atoms with Crippen LogP contribution in [0.2, 0.25) is 15.1 Å². The SMILES string of the molecule is N#CCc1ccnc(-c2cc(Cl)c(Cl)c(Cl)c2)c1. The van der Waals surface area contributed by atoms with Gasteiger partial charge in [0, 0.05) is 11.8 Å². The molecule has 0 aliphatic heterocycles. The van der Waals surface area contributed by atoms with Crippen LogP contribution in [0.4, 0.5) is 0 Å². The maximum atomic E-state index is 8.68. The lowest BCUT2D eigenvalue weighted by Crippen LogP contribution is -1.88. The van der Waals surface area contributed by atoms with Crippen LogP contribution in [0.3, 0.4) is 0 Å². The molecular weight excluding hydrogens is 291 g/mol. The molecule has 1 heterocycles. The van der Waals surface area contributed by atoms with E-state index in [9.17, 15) is 0 Å². The first-order valence-electron chi connectivity index (χ1n) is 5.08. The molecule has 0 N–H and O–H groups in total. The second-order valence-electron chi connectivity index (χ2n) is 3.64. The maximum Gasteiger partial charge on any atom is 0.0778 e. The predicted molar refractivity (Wildman–Crippen MR) is 74.0 cm³/mol. The van der Waals surface area contributed by atoms with Gasteiger partial charge in [-0.2, -0.15) is 5.26 Å². The van der Waals surface area contributed by atoms with Gasteiger partial charge in [-0.25, -0.2) is 0 Å². The second kappa shape index (κ2) is 5.58. The second-order valence-corrected chi connectivity index (χ2v) is 4.83. The minimum absolute atomic E-state index is 0.329. The minimum atomic E-state index is 0.329. The van der Waals surface area contributed by atoms with E-state index in [0.29, 0.717) is 27.2 Å². The maximum absolute atomic E-state index is 8.68. The zero-order chi connectivity index (χ0) is 13.1. The van der Waals surface area contributed by atoms with Crippen LogP contribution in [0.25, 0.3) is 11.3 Å². The molecule has 0 atom stereocenters. The molecule has 0 aliphatic carbocycles. The van der Waals surface area contributed by atoms with Crippen molar-refractivity contribution in [2.24, 2.45) is 0 Å². The molecule has 2 aromatic rings. The molecule has 0 radical (unpaired) electrons. The molecule has 90 valence electrons. The summed E-state index contributed by atoms with van der Waals surface area (Å²) in [4.78, 5) is 4.23. The number of hydrogen-bond acceptors (Lipinski definition) is 2. The first-order valence-corrected chi connectivity index (χ1v) is 6.22. The predicted octanol–water partition coefficient (Wildman–Crippen LogP) is 4.77. The lowest BCUT2D eigenvalue weighted by atomic mass is 10.1. The quantitative estimate of drug-likeness (QED) is 0.748. The molecular formula is C13H7Cl3N2. The molecule has 5 heteroatoms. The number of aromatic nitrogens is 1. The zero-order valence-electron chi connectivity index (χ0n) is 9.12. The summed E-state index contributed by atoms with van der Waals surface area (Å²) in [7, 11) is 0. The Labute approximate surface area is 120 Å². The average molecular weight is 298 g/mol. The summed E-state index contributed by atoms with van der Waals surface area (Å²) in [5.41, 5.74) is 2.38. The Kier molecular flexibility index (Phi) is 4.08. The van der Waals surface area contributed by atoms with Crippen molar-refractivity contribution in [3.63, 3.8) is 0 Å². The van der Waals surface area contributed by atoms with E-state index in [1.54, 1.807) is 24.4 Å². The molecule has 2 rings (SSSR count). The van der Waals surface area contributed by atoms with E-state index in [4.69, 9.17) is 40.1 Å². The average Bonchev–Trinajstić information content (AvgIpc) is 2.36. The number of halogens is 3. The molecule has 1 aromatic heterocycles. The van der Waals surface area contributed by atoms with Gasteiger partial charge in [0.1, 0.15) is 0 Å². The fraction of sp³-hybridized carbons (Fsp3) is 0.0769. The van der Waals surface area contributed by atoms with Gasteiger partial charge >= 0.3 is 0 Å². The first-order chi connectivity index (χ1) is 8.61. The van der Waals surface area contributed by atoms with Crippen molar-refractivity contribution in [3.05, 3.63) is 51.1 Å². The van der Waals surface area contributed by atoms with Crippen LogP contribution in [-0.4, -0.2) is 4.98 Å². The summed E-state index contributed by atoms with van der Waals surface area (Å²) >= 11 is 17.8. The Bertz CT molecular complexity index is 609. The Morgan fingerprint density at radius 2 is 1.78 bits per heavy atom. The highest BCUT2D eigenvalue weighted by Crippen LogP contribution is 2.34. The van der Waals surface area contributed by atoms with Gasteiger partial charge in [0.2, 0.25) is 0 Å². The molecule has 0 saturated carbocycles. The number of hydrogen-bond donors (Lipinski definition) is 0. The van der Waals surface area contributed by atoms with E-state index in [0.717, 1.165) is 11.1 Å². The highest BCUT2D eigenvalue weighted by molar-refractivity contribution is 6.48. The first kappa shape index (κ1) is 13.2. The van der Waals surface area contributed by atoms with Crippen molar-refractivity contribution in [1.82, 2.24) is 4.98 Å². The Balaban J connectivity index is 2.49. The number of rotatable bonds is 2. The van der Waals surface area contributed by atoms with Gasteiger partial charge in [0.05, 0.1) is 33.3 Å². The third kappa shape index (κ3) is 2.76. The minimum Gasteiger partial charge on any atom is -0.256 e. The molecule has 0 saturated heterocycles. The molecule has 0 bridgehead atoms. The van der Waals surface area contributed by atoms with Crippen LogP contribution in [0, 0.1) is 11.3 Å². The molecule has 18 heavy (non-hydrogen) atoms. The van der Waals surface area contributed by atoms with E-state index in [2.05, 4.69) is 11.1 Å². The highest BCUT2D eigenvalue weighted by atomic mass is 35.5. The van der Waals surface area contributed by atoms with Gasteiger partial charge in [-0.3, -0.25) is 4.98 Å². The van der Waals surface area contributed by atoms with Crippen molar-refractivity contribution in [2.45, 2.75) is 6.42 Å². The largest absolute Gasteiger partial charge is 0.256 e. The van der Waals surface area contributed by atoms with Crippen LogP contribution in [0.15, 0.2) is 30.5 Å². The van der Waals surface area contributed by atoms with Gasteiger partial charge < -0.3 is 0 Å². The summed E-state index contributed by atoms with van der Waals surface area (Å²) < 4.78 is 0. The zero-order valence-corrected chi connectivity index (χ0v) is 11.4. The number of nitriles is 1. The van der Waals surface area contributed by atoms with Gasteiger partial charge in [0.15, 0.2) is 0 Å². The Hall–Kier alpha value is -1.27. The summed E-state index contributed by atoms with van der Waals surface area (Å²) in [5, 5.41) is 9.77. The topological polar surface area (TPSA) is 36.7 Å². The lowest BCUT2D eigenvalue weighted by molar-refractivity contribution is 1.21. The molecule has 0 fully saturated rings. The van der Waals surface area contributed by atoms with Crippen LogP contribution < -0.4 is 0 Å². The summed E-state index contributed by atoms with van der Waals surface area (Å²) in [6.07, 6.45) is 1.99. The van der Waals surface area contributed by atoms with Crippen molar-refractivity contribution < 1.29 is 0 Å².